The lowest BCUT2D eigenvalue weighted by Gasteiger charge is -2.14. The average Bonchev–Trinajstić information content (AvgIpc) is 2.60. The molecular formula is C17H15Br2N3O2. The van der Waals surface area contributed by atoms with Crippen molar-refractivity contribution < 1.29 is 9.47 Å². The van der Waals surface area contributed by atoms with Crippen molar-refractivity contribution in [1.82, 2.24) is 0 Å². The van der Waals surface area contributed by atoms with E-state index in [1.165, 1.54) is 0 Å². The molecule has 0 saturated heterocycles. The zero-order valence-corrected chi connectivity index (χ0v) is 16.1. The number of nitrogens with zero attached hydrogens (tertiary/aromatic N) is 2. The predicted molar refractivity (Wildman–Crippen MR) is 102 cm³/mol. The van der Waals surface area contributed by atoms with Crippen molar-refractivity contribution in [2.24, 2.45) is 5.10 Å². The molecule has 0 aliphatic carbocycles. The number of hydrogen-bond acceptors (Lipinski definition) is 5. The molecule has 24 heavy (non-hydrogen) atoms. The summed E-state index contributed by atoms with van der Waals surface area (Å²) >= 11 is 6.99. The van der Waals surface area contributed by atoms with Gasteiger partial charge in [-0.25, -0.2) is 0 Å². The van der Waals surface area contributed by atoms with Gasteiger partial charge in [-0.2, -0.15) is 10.4 Å². The van der Waals surface area contributed by atoms with Gasteiger partial charge >= 0.3 is 0 Å². The van der Waals surface area contributed by atoms with E-state index in [9.17, 15) is 0 Å². The minimum atomic E-state index is -0.0614. The highest BCUT2D eigenvalue weighted by Gasteiger charge is 2.16. The first-order valence-electron chi connectivity index (χ1n) is 7.16. The Hall–Kier alpha value is -2.04. The van der Waals surface area contributed by atoms with Gasteiger partial charge in [-0.1, -0.05) is 18.2 Å². The fraction of sp³-hybridized carbons (Fsp3) is 0.176. The number of para-hydroxylation sites is 1. The van der Waals surface area contributed by atoms with Crippen molar-refractivity contribution in [2.75, 3.05) is 18.6 Å². The van der Waals surface area contributed by atoms with Crippen molar-refractivity contribution in [2.45, 2.75) is 6.92 Å². The summed E-state index contributed by atoms with van der Waals surface area (Å²) in [6.07, 6.45) is 1.68. The van der Waals surface area contributed by atoms with Gasteiger partial charge in [0.05, 0.1) is 23.0 Å². The van der Waals surface area contributed by atoms with Gasteiger partial charge in [-0.05, 0) is 57.0 Å². The van der Waals surface area contributed by atoms with Crippen LogP contribution in [0.5, 0.6) is 11.5 Å². The molecule has 1 N–H and O–H groups in total. The molecule has 0 aliphatic heterocycles. The fourth-order valence-corrected chi connectivity index (χ4v) is 2.83. The third-order valence-electron chi connectivity index (χ3n) is 2.91. The van der Waals surface area contributed by atoms with Crippen LogP contribution >= 0.6 is 31.9 Å². The molecule has 0 bridgehead atoms. The van der Waals surface area contributed by atoms with Crippen LogP contribution < -0.4 is 14.9 Å². The maximum absolute atomic E-state index is 8.72. The Kier molecular flexibility index (Phi) is 7.09. The highest BCUT2D eigenvalue weighted by atomic mass is 79.9. The Balaban J connectivity index is 2.28. The number of rotatable bonds is 7. The molecule has 2 rings (SSSR count). The predicted octanol–water partition coefficient (Wildman–Crippen LogP) is 4.96. The van der Waals surface area contributed by atoms with Gasteiger partial charge in [0.15, 0.2) is 18.1 Å². The van der Waals surface area contributed by atoms with Crippen LogP contribution in [0, 0.1) is 11.3 Å². The zero-order valence-electron chi connectivity index (χ0n) is 12.9. The van der Waals surface area contributed by atoms with Crippen LogP contribution in [-0.2, 0) is 0 Å². The lowest BCUT2D eigenvalue weighted by atomic mass is 10.2. The van der Waals surface area contributed by atoms with Gasteiger partial charge in [0.25, 0.3) is 0 Å². The highest BCUT2D eigenvalue weighted by Crippen LogP contribution is 2.42. The summed E-state index contributed by atoms with van der Waals surface area (Å²) in [7, 11) is 0. The number of nitriles is 1. The first kappa shape index (κ1) is 18.3. The van der Waals surface area contributed by atoms with E-state index in [4.69, 9.17) is 14.7 Å². The number of ether oxygens (including phenoxy) is 2. The molecule has 0 atom stereocenters. The van der Waals surface area contributed by atoms with Gasteiger partial charge in [-0.15, -0.1) is 0 Å². The topological polar surface area (TPSA) is 66.6 Å². The van der Waals surface area contributed by atoms with Crippen LogP contribution in [0.3, 0.4) is 0 Å². The normalized spacial score (nSPS) is 10.4. The van der Waals surface area contributed by atoms with Crippen molar-refractivity contribution >= 4 is 43.8 Å². The third-order valence-corrected chi connectivity index (χ3v) is 5.05. The minimum absolute atomic E-state index is 0.0614. The van der Waals surface area contributed by atoms with Crippen LogP contribution in [0.15, 0.2) is 50.4 Å². The van der Waals surface area contributed by atoms with Crippen LogP contribution in [-0.4, -0.2) is 19.4 Å². The summed E-state index contributed by atoms with van der Waals surface area (Å²) < 4.78 is 12.5. The molecule has 0 spiro atoms. The van der Waals surface area contributed by atoms with Crippen molar-refractivity contribution in [3.63, 3.8) is 0 Å². The number of benzene rings is 2. The maximum Gasteiger partial charge on any atom is 0.178 e. The van der Waals surface area contributed by atoms with E-state index in [1.54, 1.807) is 12.3 Å². The SMILES string of the molecule is CCOc1cc(C=NNc2ccccc2)c(Br)c(Br)c1OCC#N. The first-order chi connectivity index (χ1) is 11.7. The van der Waals surface area contributed by atoms with E-state index < -0.39 is 0 Å². The van der Waals surface area contributed by atoms with Crippen molar-refractivity contribution in [1.29, 1.82) is 5.26 Å². The summed E-state index contributed by atoms with van der Waals surface area (Å²) in [6.45, 7) is 2.30. The van der Waals surface area contributed by atoms with E-state index in [-0.39, 0.29) is 6.61 Å². The summed E-state index contributed by atoms with van der Waals surface area (Å²) in [5.74, 6) is 1.03. The van der Waals surface area contributed by atoms with Gasteiger partial charge < -0.3 is 9.47 Å². The quantitative estimate of drug-likeness (QED) is 0.476. The molecule has 2 aromatic rings. The van der Waals surface area contributed by atoms with Gasteiger partial charge in [0.1, 0.15) is 6.07 Å². The lowest BCUT2D eigenvalue weighted by Crippen LogP contribution is -2.02. The van der Waals surface area contributed by atoms with Crippen LogP contribution in [0.2, 0.25) is 0 Å². The largest absolute Gasteiger partial charge is 0.490 e. The number of hydrogen-bond donors (Lipinski definition) is 1. The lowest BCUT2D eigenvalue weighted by molar-refractivity contribution is 0.297. The van der Waals surface area contributed by atoms with Crippen LogP contribution in [0.1, 0.15) is 12.5 Å². The van der Waals surface area contributed by atoms with Gasteiger partial charge in [-0.3, -0.25) is 5.43 Å². The van der Waals surface area contributed by atoms with Crippen LogP contribution in [0.4, 0.5) is 5.69 Å². The van der Waals surface area contributed by atoms with Crippen molar-refractivity contribution in [3.05, 3.63) is 50.9 Å². The second-order valence-corrected chi connectivity index (χ2v) is 6.12. The molecule has 5 nitrogen and oxygen atoms in total. The molecule has 0 radical (unpaired) electrons. The molecule has 2 aromatic carbocycles. The zero-order chi connectivity index (χ0) is 17.4. The monoisotopic (exact) mass is 451 g/mol. The fourth-order valence-electron chi connectivity index (χ4n) is 1.89. The third kappa shape index (κ3) is 4.73. The molecule has 0 aliphatic rings. The summed E-state index contributed by atoms with van der Waals surface area (Å²) in [5, 5.41) is 12.9. The minimum Gasteiger partial charge on any atom is -0.490 e. The van der Waals surface area contributed by atoms with Crippen molar-refractivity contribution in [3.8, 4) is 17.6 Å². The Bertz CT molecular complexity index is 759. The second kappa shape index (κ2) is 9.30. The van der Waals surface area contributed by atoms with E-state index >= 15 is 0 Å². The molecule has 0 aromatic heterocycles. The van der Waals surface area contributed by atoms with E-state index in [1.807, 2.05) is 43.3 Å². The molecular weight excluding hydrogens is 438 g/mol. The number of hydrazone groups is 1. The average molecular weight is 453 g/mol. The second-order valence-electron chi connectivity index (χ2n) is 4.54. The number of nitrogens with one attached hydrogen (secondary N) is 1. The molecule has 0 fully saturated rings. The first-order valence-corrected chi connectivity index (χ1v) is 8.74. The Morgan fingerprint density at radius 1 is 1.21 bits per heavy atom. The van der Waals surface area contributed by atoms with E-state index in [2.05, 4.69) is 42.4 Å². The van der Waals surface area contributed by atoms with Crippen LogP contribution in [0.25, 0.3) is 0 Å². The molecule has 7 heteroatoms. The van der Waals surface area contributed by atoms with Gasteiger partial charge in [0.2, 0.25) is 0 Å². The standard InChI is InChI=1S/C17H15Br2N3O2/c1-2-23-14-10-12(11-21-22-13-6-4-3-5-7-13)15(18)16(19)17(14)24-9-8-20/h3-7,10-11,22H,2,9H2,1H3. The van der Waals surface area contributed by atoms with E-state index in [0.29, 0.717) is 22.6 Å². The molecule has 0 saturated carbocycles. The van der Waals surface area contributed by atoms with E-state index in [0.717, 1.165) is 15.7 Å². The summed E-state index contributed by atoms with van der Waals surface area (Å²) in [5.41, 5.74) is 4.65. The number of anilines is 1. The molecule has 0 unspecified atom stereocenters. The number of halogens is 2. The smallest absolute Gasteiger partial charge is 0.178 e. The Morgan fingerprint density at radius 2 is 1.96 bits per heavy atom. The highest BCUT2D eigenvalue weighted by molar-refractivity contribution is 9.13. The molecule has 0 amide bonds. The molecule has 0 heterocycles. The summed E-state index contributed by atoms with van der Waals surface area (Å²) in [4.78, 5) is 0. The Labute approximate surface area is 157 Å². The molecule has 124 valence electrons. The Morgan fingerprint density at radius 3 is 2.62 bits per heavy atom. The maximum atomic E-state index is 8.72. The summed E-state index contributed by atoms with van der Waals surface area (Å²) in [6, 6.07) is 13.4. The van der Waals surface area contributed by atoms with Gasteiger partial charge in [0, 0.05) is 10.0 Å².